The monoisotopic (exact) mass is 180 g/mol. The van der Waals surface area contributed by atoms with Gasteiger partial charge in [-0.15, -0.1) is 0 Å². The van der Waals surface area contributed by atoms with E-state index < -0.39 is 6.09 Å². The summed E-state index contributed by atoms with van der Waals surface area (Å²) in [6.07, 6.45) is -1.02. The van der Waals surface area contributed by atoms with Crippen molar-refractivity contribution in [2.24, 2.45) is 0 Å². The Morgan fingerprint density at radius 3 is 2.46 bits per heavy atom. The van der Waals surface area contributed by atoms with Crippen molar-refractivity contribution in [3.8, 4) is 0 Å². The zero-order valence-corrected chi connectivity index (χ0v) is 7.32. The topological polar surface area (TPSA) is 75.3 Å². The summed E-state index contributed by atoms with van der Waals surface area (Å²) in [5, 5.41) is 10.8. The zero-order chi connectivity index (χ0) is 9.84. The number of nitrogens with one attached hydrogen (secondary N) is 1. The molecule has 0 radical (unpaired) electrons. The zero-order valence-electron chi connectivity index (χ0n) is 7.32. The fourth-order valence-corrected chi connectivity index (χ4v) is 1.05. The molecule has 1 atom stereocenters. The highest BCUT2D eigenvalue weighted by atomic mass is 16.4. The lowest BCUT2D eigenvalue weighted by atomic mass is 10.1. The number of carbonyl (C=O) groups is 1. The SMILES string of the molecule is C[C@H](NC(=O)O)c1ccc(N)cc1. The molecule has 0 saturated heterocycles. The molecule has 0 heterocycles. The lowest BCUT2D eigenvalue weighted by Gasteiger charge is -2.11. The molecule has 0 aromatic heterocycles. The number of nitrogens with two attached hydrogens (primary N) is 1. The van der Waals surface area contributed by atoms with Crippen molar-refractivity contribution in [1.82, 2.24) is 5.32 Å². The minimum Gasteiger partial charge on any atom is -0.465 e. The fraction of sp³-hybridized carbons (Fsp3) is 0.222. The van der Waals surface area contributed by atoms with Gasteiger partial charge in [0.15, 0.2) is 0 Å². The molecule has 70 valence electrons. The van der Waals surface area contributed by atoms with Gasteiger partial charge in [0.25, 0.3) is 0 Å². The first-order valence-corrected chi connectivity index (χ1v) is 3.94. The standard InChI is InChI=1S/C9H12N2O2/c1-6(11-9(12)13)7-2-4-8(10)5-3-7/h2-6,11H,10H2,1H3,(H,12,13)/t6-/m0/s1. The van der Waals surface area contributed by atoms with E-state index >= 15 is 0 Å². The molecule has 1 rings (SSSR count). The summed E-state index contributed by atoms with van der Waals surface area (Å²) < 4.78 is 0. The number of amides is 1. The van der Waals surface area contributed by atoms with Crippen LogP contribution in [0.25, 0.3) is 0 Å². The number of benzene rings is 1. The summed E-state index contributed by atoms with van der Waals surface area (Å²) in [6.45, 7) is 1.78. The van der Waals surface area contributed by atoms with Gasteiger partial charge in [-0.3, -0.25) is 0 Å². The van der Waals surface area contributed by atoms with Gasteiger partial charge in [0.1, 0.15) is 0 Å². The number of rotatable bonds is 2. The second kappa shape index (κ2) is 3.80. The molecule has 0 unspecified atom stereocenters. The average Bonchev–Trinajstić information content (AvgIpc) is 2.04. The van der Waals surface area contributed by atoms with E-state index in [2.05, 4.69) is 5.32 Å². The summed E-state index contributed by atoms with van der Waals surface area (Å²) in [6, 6.07) is 6.88. The van der Waals surface area contributed by atoms with E-state index in [1.54, 1.807) is 31.2 Å². The van der Waals surface area contributed by atoms with Crippen molar-refractivity contribution in [2.45, 2.75) is 13.0 Å². The van der Waals surface area contributed by atoms with Gasteiger partial charge in [-0.2, -0.15) is 0 Å². The molecule has 4 N–H and O–H groups in total. The number of nitrogen functional groups attached to an aromatic ring is 1. The molecular weight excluding hydrogens is 168 g/mol. The third-order valence-corrected chi connectivity index (χ3v) is 1.78. The Kier molecular flexibility index (Phi) is 2.74. The average molecular weight is 180 g/mol. The summed E-state index contributed by atoms with van der Waals surface area (Å²) in [5.74, 6) is 0. The van der Waals surface area contributed by atoms with Crippen LogP contribution in [-0.4, -0.2) is 11.2 Å². The summed E-state index contributed by atoms with van der Waals surface area (Å²) in [4.78, 5) is 10.3. The highest BCUT2D eigenvalue weighted by Crippen LogP contribution is 2.13. The molecule has 0 fully saturated rings. The Balaban J connectivity index is 2.71. The van der Waals surface area contributed by atoms with Crippen molar-refractivity contribution in [2.75, 3.05) is 5.73 Å². The van der Waals surface area contributed by atoms with Gasteiger partial charge in [-0.05, 0) is 24.6 Å². The molecule has 0 spiro atoms. The first-order chi connectivity index (χ1) is 6.09. The van der Waals surface area contributed by atoms with E-state index in [0.29, 0.717) is 5.69 Å². The maximum Gasteiger partial charge on any atom is 0.405 e. The Labute approximate surface area is 76.4 Å². The largest absolute Gasteiger partial charge is 0.465 e. The lowest BCUT2D eigenvalue weighted by molar-refractivity contribution is 0.191. The van der Waals surface area contributed by atoms with E-state index in [4.69, 9.17) is 10.8 Å². The highest BCUT2D eigenvalue weighted by Gasteiger charge is 2.06. The van der Waals surface area contributed by atoms with Crippen LogP contribution in [0.2, 0.25) is 0 Å². The van der Waals surface area contributed by atoms with Crippen LogP contribution in [0, 0.1) is 0 Å². The molecule has 4 nitrogen and oxygen atoms in total. The van der Waals surface area contributed by atoms with Crippen LogP contribution in [0.1, 0.15) is 18.5 Å². The van der Waals surface area contributed by atoms with Crippen molar-refractivity contribution < 1.29 is 9.90 Å². The van der Waals surface area contributed by atoms with E-state index in [0.717, 1.165) is 5.56 Å². The maximum absolute atomic E-state index is 10.3. The Hall–Kier alpha value is -1.71. The van der Waals surface area contributed by atoms with E-state index in [1.807, 2.05) is 0 Å². The summed E-state index contributed by atoms with van der Waals surface area (Å²) in [7, 11) is 0. The summed E-state index contributed by atoms with van der Waals surface area (Å²) in [5.41, 5.74) is 7.06. The molecule has 1 aromatic carbocycles. The van der Waals surface area contributed by atoms with Gasteiger partial charge in [0.05, 0.1) is 6.04 Å². The van der Waals surface area contributed by atoms with Crippen LogP contribution in [0.3, 0.4) is 0 Å². The Morgan fingerprint density at radius 1 is 1.46 bits per heavy atom. The van der Waals surface area contributed by atoms with Gasteiger partial charge in [0, 0.05) is 5.69 Å². The molecular formula is C9H12N2O2. The first kappa shape index (κ1) is 9.38. The fourth-order valence-electron chi connectivity index (χ4n) is 1.05. The van der Waals surface area contributed by atoms with Crippen molar-refractivity contribution in [3.63, 3.8) is 0 Å². The Bertz CT molecular complexity index is 295. The van der Waals surface area contributed by atoms with Gasteiger partial charge in [-0.25, -0.2) is 4.79 Å². The Morgan fingerprint density at radius 2 is 2.00 bits per heavy atom. The minimum absolute atomic E-state index is 0.210. The normalized spacial score (nSPS) is 12.1. The number of anilines is 1. The van der Waals surface area contributed by atoms with Crippen LogP contribution in [0.4, 0.5) is 10.5 Å². The molecule has 0 aliphatic carbocycles. The van der Waals surface area contributed by atoms with Gasteiger partial charge in [0.2, 0.25) is 0 Å². The van der Waals surface area contributed by atoms with Crippen molar-refractivity contribution >= 4 is 11.8 Å². The van der Waals surface area contributed by atoms with Crippen molar-refractivity contribution in [1.29, 1.82) is 0 Å². The quantitative estimate of drug-likeness (QED) is 0.605. The smallest absolute Gasteiger partial charge is 0.405 e. The number of hydrogen-bond acceptors (Lipinski definition) is 2. The van der Waals surface area contributed by atoms with Crippen LogP contribution >= 0.6 is 0 Å². The molecule has 0 aliphatic rings. The maximum atomic E-state index is 10.3. The molecule has 1 aromatic rings. The second-order valence-electron chi connectivity index (χ2n) is 2.84. The number of carboxylic acid groups (broad SMARTS) is 1. The van der Waals surface area contributed by atoms with E-state index in [9.17, 15) is 4.79 Å². The lowest BCUT2D eigenvalue weighted by Crippen LogP contribution is -2.24. The van der Waals surface area contributed by atoms with Crippen molar-refractivity contribution in [3.05, 3.63) is 29.8 Å². The van der Waals surface area contributed by atoms with Crippen LogP contribution in [0.15, 0.2) is 24.3 Å². The molecule has 0 bridgehead atoms. The predicted molar refractivity (Wildman–Crippen MR) is 50.4 cm³/mol. The molecule has 0 aliphatic heterocycles. The van der Waals surface area contributed by atoms with E-state index in [1.165, 1.54) is 0 Å². The number of hydrogen-bond donors (Lipinski definition) is 3. The summed E-state index contributed by atoms with van der Waals surface area (Å²) >= 11 is 0. The molecule has 1 amide bonds. The van der Waals surface area contributed by atoms with Crippen LogP contribution < -0.4 is 11.1 Å². The second-order valence-corrected chi connectivity index (χ2v) is 2.84. The predicted octanol–water partition coefficient (Wildman–Crippen LogP) is 1.60. The molecule has 0 saturated carbocycles. The van der Waals surface area contributed by atoms with Gasteiger partial charge >= 0.3 is 6.09 Å². The molecule has 13 heavy (non-hydrogen) atoms. The third kappa shape index (κ3) is 2.66. The van der Waals surface area contributed by atoms with Crippen LogP contribution in [0.5, 0.6) is 0 Å². The third-order valence-electron chi connectivity index (χ3n) is 1.78. The minimum atomic E-state index is -1.02. The van der Waals surface area contributed by atoms with Gasteiger partial charge < -0.3 is 16.2 Å². The first-order valence-electron chi connectivity index (χ1n) is 3.94. The highest BCUT2D eigenvalue weighted by molar-refractivity contribution is 5.65. The van der Waals surface area contributed by atoms with E-state index in [-0.39, 0.29) is 6.04 Å². The molecule has 4 heteroatoms. The van der Waals surface area contributed by atoms with Crippen LogP contribution in [-0.2, 0) is 0 Å². The van der Waals surface area contributed by atoms with Gasteiger partial charge in [-0.1, -0.05) is 12.1 Å².